The van der Waals surface area contributed by atoms with E-state index in [2.05, 4.69) is 17.6 Å². The van der Waals surface area contributed by atoms with Gasteiger partial charge in [0.05, 0.1) is 6.61 Å². The normalized spacial score (nSPS) is 10.1. The van der Waals surface area contributed by atoms with Crippen LogP contribution in [0.3, 0.4) is 0 Å². The molecule has 0 aliphatic carbocycles. The number of amides is 2. The Morgan fingerprint density at radius 2 is 1.85 bits per heavy atom. The number of hydrogen-bond donors (Lipinski definition) is 2. The van der Waals surface area contributed by atoms with Crippen LogP contribution >= 0.6 is 0 Å². The number of methoxy groups -OCH3 is 1. The maximum atomic E-state index is 11.6. The minimum atomic E-state index is -0.664. The van der Waals surface area contributed by atoms with Gasteiger partial charge in [-0.15, -0.1) is 0 Å². The number of carbonyl (C=O) groups excluding carboxylic acids is 2. The summed E-state index contributed by atoms with van der Waals surface area (Å²) in [6.45, 7) is 2.85. The number of anilines is 1. The first-order valence-corrected chi connectivity index (χ1v) is 6.84. The van der Waals surface area contributed by atoms with Gasteiger partial charge in [0, 0.05) is 19.3 Å². The molecule has 110 valence electrons. The second-order valence-corrected chi connectivity index (χ2v) is 4.50. The summed E-state index contributed by atoms with van der Waals surface area (Å²) >= 11 is 0. The maximum Gasteiger partial charge on any atom is 0.313 e. The van der Waals surface area contributed by atoms with E-state index in [1.165, 1.54) is 12.7 Å². The second-order valence-electron chi connectivity index (χ2n) is 4.50. The van der Waals surface area contributed by atoms with Crippen molar-refractivity contribution < 1.29 is 14.3 Å². The molecule has 0 bridgehead atoms. The molecule has 1 aromatic carbocycles. The largest absolute Gasteiger partial charge is 0.383 e. The molecule has 1 aromatic rings. The van der Waals surface area contributed by atoms with Gasteiger partial charge in [0.15, 0.2) is 0 Å². The van der Waals surface area contributed by atoms with E-state index in [4.69, 9.17) is 4.74 Å². The summed E-state index contributed by atoms with van der Waals surface area (Å²) in [6, 6.07) is 7.55. The Hall–Kier alpha value is -1.88. The molecule has 0 aliphatic rings. The SMILES string of the molecule is CCCCc1ccc(NC(=O)C(=O)NCCOC)cc1. The summed E-state index contributed by atoms with van der Waals surface area (Å²) in [4.78, 5) is 23.1. The topological polar surface area (TPSA) is 67.4 Å². The number of benzene rings is 1. The van der Waals surface area contributed by atoms with Gasteiger partial charge in [-0.1, -0.05) is 25.5 Å². The van der Waals surface area contributed by atoms with Crippen molar-refractivity contribution in [3.05, 3.63) is 29.8 Å². The number of hydrogen-bond acceptors (Lipinski definition) is 3. The number of ether oxygens (including phenoxy) is 1. The minimum absolute atomic E-state index is 0.318. The Bertz CT molecular complexity index is 429. The first kappa shape index (κ1) is 16.2. The Morgan fingerprint density at radius 1 is 1.15 bits per heavy atom. The van der Waals surface area contributed by atoms with Crippen molar-refractivity contribution >= 4 is 17.5 Å². The van der Waals surface area contributed by atoms with E-state index in [1.807, 2.05) is 24.3 Å². The highest BCUT2D eigenvalue weighted by molar-refractivity contribution is 6.39. The van der Waals surface area contributed by atoms with E-state index in [9.17, 15) is 9.59 Å². The number of nitrogens with one attached hydrogen (secondary N) is 2. The van der Waals surface area contributed by atoms with Crippen LogP contribution in [0.25, 0.3) is 0 Å². The third kappa shape index (κ3) is 5.84. The Morgan fingerprint density at radius 3 is 2.45 bits per heavy atom. The van der Waals surface area contributed by atoms with Crippen LogP contribution in [0.4, 0.5) is 5.69 Å². The van der Waals surface area contributed by atoms with E-state index >= 15 is 0 Å². The Kier molecular flexibility index (Phi) is 7.35. The van der Waals surface area contributed by atoms with E-state index in [0.717, 1.165) is 19.3 Å². The Balaban J connectivity index is 2.43. The van der Waals surface area contributed by atoms with Crippen LogP contribution in [0.2, 0.25) is 0 Å². The van der Waals surface area contributed by atoms with Crippen LogP contribution in [0.1, 0.15) is 25.3 Å². The molecule has 5 nitrogen and oxygen atoms in total. The lowest BCUT2D eigenvalue weighted by Crippen LogP contribution is -2.37. The lowest BCUT2D eigenvalue weighted by molar-refractivity contribution is -0.136. The van der Waals surface area contributed by atoms with Gasteiger partial charge in [0.25, 0.3) is 0 Å². The molecule has 5 heteroatoms. The van der Waals surface area contributed by atoms with Crippen molar-refractivity contribution in [1.29, 1.82) is 0 Å². The molecule has 0 fully saturated rings. The highest BCUT2D eigenvalue weighted by Crippen LogP contribution is 2.11. The summed E-state index contributed by atoms with van der Waals surface area (Å²) < 4.78 is 4.79. The van der Waals surface area contributed by atoms with Crippen LogP contribution < -0.4 is 10.6 Å². The van der Waals surface area contributed by atoms with Gasteiger partial charge in [-0.3, -0.25) is 9.59 Å². The molecule has 0 saturated heterocycles. The zero-order valence-electron chi connectivity index (χ0n) is 12.1. The predicted octanol–water partition coefficient (Wildman–Crippen LogP) is 1.73. The number of rotatable bonds is 7. The summed E-state index contributed by atoms with van der Waals surface area (Å²) in [5.41, 5.74) is 1.85. The van der Waals surface area contributed by atoms with E-state index in [1.54, 1.807) is 0 Å². The molecular weight excluding hydrogens is 256 g/mol. The molecule has 0 atom stereocenters. The third-order valence-corrected chi connectivity index (χ3v) is 2.83. The minimum Gasteiger partial charge on any atom is -0.383 e. The molecule has 0 heterocycles. The van der Waals surface area contributed by atoms with Gasteiger partial charge >= 0.3 is 11.8 Å². The van der Waals surface area contributed by atoms with Gasteiger partial charge in [0.1, 0.15) is 0 Å². The highest BCUT2D eigenvalue weighted by Gasteiger charge is 2.12. The van der Waals surface area contributed by atoms with Gasteiger partial charge in [-0.2, -0.15) is 0 Å². The lowest BCUT2D eigenvalue weighted by Gasteiger charge is -2.07. The summed E-state index contributed by atoms with van der Waals surface area (Å²) in [7, 11) is 1.53. The predicted molar refractivity (Wildman–Crippen MR) is 78.6 cm³/mol. The molecule has 0 unspecified atom stereocenters. The summed E-state index contributed by atoms with van der Waals surface area (Å²) in [5.74, 6) is -1.32. The summed E-state index contributed by atoms with van der Waals surface area (Å²) in [5, 5.41) is 5.03. The molecule has 0 aliphatic heterocycles. The van der Waals surface area contributed by atoms with E-state index in [-0.39, 0.29) is 0 Å². The quantitative estimate of drug-likeness (QED) is 0.589. The van der Waals surface area contributed by atoms with Crippen molar-refractivity contribution in [1.82, 2.24) is 5.32 Å². The van der Waals surface area contributed by atoms with Crippen LogP contribution in [0, 0.1) is 0 Å². The zero-order chi connectivity index (χ0) is 14.8. The van der Waals surface area contributed by atoms with Gasteiger partial charge < -0.3 is 15.4 Å². The Labute approximate surface area is 119 Å². The van der Waals surface area contributed by atoms with Crippen LogP contribution in [0.15, 0.2) is 24.3 Å². The van der Waals surface area contributed by atoms with Crippen LogP contribution in [0.5, 0.6) is 0 Å². The zero-order valence-corrected chi connectivity index (χ0v) is 12.1. The van der Waals surface area contributed by atoms with Gasteiger partial charge in [0.2, 0.25) is 0 Å². The number of carbonyl (C=O) groups is 2. The first-order valence-electron chi connectivity index (χ1n) is 6.84. The molecule has 2 amide bonds. The van der Waals surface area contributed by atoms with Crippen molar-refractivity contribution in [2.24, 2.45) is 0 Å². The number of aryl methyl sites for hydroxylation is 1. The van der Waals surface area contributed by atoms with E-state index < -0.39 is 11.8 Å². The first-order chi connectivity index (χ1) is 9.67. The fraction of sp³-hybridized carbons (Fsp3) is 0.467. The van der Waals surface area contributed by atoms with Crippen LogP contribution in [-0.4, -0.2) is 32.1 Å². The fourth-order valence-corrected chi connectivity index (χ4v) is 1.67. The average Bonchev–Trinajstić information content (AvgIpc) is 2.46. The standard InChI is InChI=1S/C15H22N2O3/c1-3-4-5-12-6-8-13(9-7-12)17-15(19)14(18)16-10-11-20-2/h6-9H,3-5,10-11H2,1-2H3,(H,16,18)(H,17,19). The molecule has 0 radical (unpaired) electrons. The third-order valence-electron chi connectivity index (χ3n) is 2.83. The van der Waals surface area contributed by atoms with Crippen molar-refractivity contribution in [2.75, 3.05) is 25.6 Å². The second kappa shape index (κ2) is 9.09. The van der Waals surface area contributed by atoms with Crippen molar-refractivity contribution in [3.63, 3.8) is 0 Å². The molecule has 2 N–H and O–H groups in total. The van der Waals surface area contributed by atoms with Crippen molar-refractivity contribution in [3.8, 4) is 0 Å². The smallest absolute Gasteiger partial charge is 0.313 e. The molecule has 0 aromatic heterocycles. The van der Waals surface area contributed by atoms with Gasteiger partial charge in [-0.05, 0) is 30.5 Å². The maximum absolute atomic E-state index is 11.6. The molecule has 1 rings (SSSR count). The van der Waals surface area contributed by atoms with Gasteiger partial charge in [-0.25, -0.2) is 0 Å². The van der Waals surface area contributed by atoms with Crippen LogP contribution in [-0.2, 0) is 20.7 Å². The average molecular weight is 278 g/mol. The highest BCUT2D eigenvalue weighted by atomic mass is 16.5. The number of unbranched alkanes of at least 4 members (excludes halogenated alkanes) is 1. The monoisotopic (exact) mass is 278 g/mol. The molecular formula is C15H22N2O3. The molecule has 0 saturated carbocycles. The van der Waals surface area contributed by atoms with E-state index in [0.29, 0.717) is 18.8 Å². The molecule has 20 heavy (non-hydrogen) atoms. The van der Waals surface area contributed by atoms with Crippen molar-refractivity contribution in [2.45, 2.75) is 26.2 Å². The summed E-state index contributed by atoms with van der Waals surface area (Å²) in [6.07, 6.45) is 3.33. The fourth-order valence-electron chi connectivity index (χ4n) is 1.67. The molecule has 0 spiro atoms. The lowest BCUT2D eigenvalue weighted by atomic mass is 10.1.